The van der Waals surface area contributed by atoms with Crippen LogP contribution in [0.4, 0.5) is 5.82 Å². The fraction of sp³-hybridized carbons (Fsp3) is 0.333. The second-order valence-corrected chi connectivity index (χ2v) is 8.07. The predicted octanol–water partition coefficient (Wildman–Crippen LogP) is 1.78. The summed E-state index contributed by atoms with van der Waals surface area (Å²) in [6.45, 7) is 2.43. The Bertz CT molecular complexity index is 1240. The molecule has 8 nitrogen and oxygen atoms in total. The second-order valence-electron chi connectivity index (χ2n) is 8.07. The third-order valence-corrected chi connectivity index (χ3v) is 5.74. The van der Waals surface area contributed by atoms with E-state index in [0.29, 0.717) is 35.7 Å². The zero-order valence-electron chi connectivity index (χ0n) is 18.3. The minimum Gasteiger partial charge on any atom is -0.385 e. The van der Waals surface area contributed by atoms with Gasteiger partial charge in [-0.25, -0.2) is 4.98 Å². The number of nitrogen functional groups attached to an aromatic ring is 1. The first-order valence-corrected chi connectivity index (χ1v) is 10.8. The summed E-state index contributed by atoms with van der Waals surface area (Å²) >= 11 is 0. The second kappa shape index (κ2) is 8.82. The van der Waals surface area contributed by atoms with Gasteiger partial charge in [0.15, 0.2) is 5.43 Å². The van der Waals surface area contributed by atoms with Crippen LogP contribution in [-0.4, -0.2) is 34.5 Å². The molecule has 3 aromatic rings. The van der Waals surface area contributed by atoms with Crippen molar-refractivity contribution in [3.05, 3.63) is 57.7 Å². The molecule has 1 aliphatic carbocycles. The van der Waals surface area contributed by atoms with Gasteiger partial charge in [-0.05, 0) is 37.5 Å². The Morgan fingerprint density at radius 1 is 1.09 bits per heavy atom. The predicted molar refractivity (Wildman–Crippen MR) is 124 cm³/mol. The van der Waals surface area contributed by atoms with Gasteiger partial charge in [0.25, 0.3) is 0 Å². The van der Waals surface area contributed by atoms with Crippen molar-refractivity contribution >= 4 is 28.7 Å². The molecule has 8 heteroatoms. The number of rotatable bonds is 7. The van der Waals surface area contributed by atoms with Gasteiger partial charge in [-0.1, -0.05) is 24.3 Å². The van der Waals surface area contributed by atoms with E-state index in [0.717, 1.165) is 24.0 Å². The van der Waals surface area contributed by atoms with Crippen molar-refractivity contribution in [2.45, 2.75) is 45.2 Å². The molecule has 166 valence electrons. The van der Waals surface area contributed by atoms with Crippen LogP contribution in [0.15, 0.2) is 41.2 Å². The summed E-state index contributed by atoms with van der Waals surface area (Å²) in [5.41, 5.74) is 9.26. The quantitative estimate of drug-likeness (QED) is 0.525. The molecule has 32 heavy (non-hydrogen) atoms. The molecule has 0 saturated heterocycles. The third kappa shape index (κ3) is 4.34. The average molecular weight is 434 g/mol. The SMILES string of the molecule is CCn1c(N)c(CC(=O)NC)c(=O)c2ccc(-c3ccc(CC(=O)NC4CC4)cc3)nc21. The van der Waals surface area contributed by atoms with Gasteiger partial charge in [0.1, 0.15) is 11.5 Å². The highest BCUT2D eigenvalue weighted by Gasteiger charge is 2.23. The zero-order chi connectivity index (χ0) is 22.8. The van der Waals surface area contributed by atoms with Crippen LogP contribution >= 0.6 is 0 Å². The van der Waals surface area contributed by atoms with Crippen molar-refractivity contribution in [3.8, 4) is 11.3 Å². The average Bonchev–Trinajstić information content (AvgIpc) is 3.60. The van der Waals surface area contributed by atoms with Crippen molar-refractivity contribution in [2.75, 3.05) is 12.8 Å². The maximum Gasteiger partial charge on any atom is 0.224 e. The molecule has 1 aromatic carbocycles. The molecule has 0 radical (unpaired) electrons. The minimum absolute atomic E-state index is 0.0408. The standard InChI is InChI=1S/C24H27N5O3/c1-3-29-23(25)18(13-20(30)26-2)22(32)17-10-11-19(28-24(17)29)15-6-4-14(5-7-15)12-21(31)27-16-8-9-16/h4-7,10-11,16H,3,8-9,12-13,25H2,1-2H3,(H,26,30)(H,27,31). The maximum absolute atomic E-state index is 13.0. The van der Waals surface area contributed by atoms with E-state index < -0.39 is 0 Å². The lowest BCUT2D eigenvalue weighted by molar-refractivity contribution is -0.121. The lowest BCUT2D eigenvalue weighted by Crippen LogP contribution is -2.27. The molecule has 0 unspecified atom stereocenters. The van der Waals surface area contributed by atoms with Gasteiger partial charge in [0.05, 0.1) is 23.9 Å². The van der Waals surface area contributed by atoms with E-state index in [2.05, 4.69) is 10.6 Å². The zero-order valence-corrected chi connectivity index (χ0v) is 18.3. The molecule has 0 atom stereocenters. The number of aryl methyl sites for hydroxylation is 1. The lowest BCUT2D eigenvalue weighted by atomic mass is 10.0. The molecule has 2 heterocycles. The van der Waals surface area contributed by atoms with Crippen molar-refractivity contribution in [3.63, 3.8) is 0 Å². The highest BCUT2D eigenvalue weighted by molar-refractivity contribution is 5.85. The van der Waals surface area contributed by atoms with Gasteiger partial charge in [0.2, 0.25) is 11.8 Å². The lowest BCUT2D eigenvalue weighted by Gasteiger charge is -2.16. The van der Waals surface area contributed by atoms with E-state index in [4.69, 9.17) is 10.7 Å². The smallest absolute Gasteiger partial charge is 0.224 e. The van der Waals surface area contributed by atoms with E-state index in [1.54, 1.807) is 16.7 Å². The van der Waals surface area contributed by atoms with E-state index in [9.17, 15) is 14.4 Å². The molecule has 0 aliphatic heterocycles. The van der Waals surface area contributed by atoms with Crippen molar-refractivity contribution < 1.29 is 9.59 Å². The number of carbonyl (C=O) groups excluding carboxylic acids is 2. The highest BCUT2D eigenvalue weighted by Crippen LogP contribution is 2.24. The van der Waals surface area contributed by atoms with Crippen LogP contribution in [-0.2, 0) is 29.0 Å². The molecule has 1 saturated carbocycles. The first-order valence-electron chi connectivity index (χ1n) is 10.8. The van der Waals surface area contributed by atoms with Gasteiger partial charge < -0.3 is 20.9 Å². The summed E-state index contributed by atoms with van der Waals surface area (Å²) in [6.07, 6.45) is 2.41. The van der Waals surface area contributed by atoms with E-state index >= 15 is 0 Å². The number of nitrogens with zero attached hydrogens (tertiary/aromatic N) is 2. The minimum atomic E-state index is -0.276. The fourth-order valence-corrected chi connectivity index (χ4v) is 3.77. The molecule has 2 aromatic heterocycles. The topological polar surface area (TPSA) is 119 Å². The number of hydrogen-bond acceptors (Lipinski definition) is 5. The van der Waals surface area contributed by atoms with Crippen LogP contribution in [0.5, 0.6) is 0 Å². The number of likely N-dealkylation sites (N-methyl/N-ethyl adjacent to an activating group) is 1. The summed E-state index contributed by atoms with van der Waals surface area (Å²) in [5, 5.41) is 5.95. The Morgan fingerprint density at radius 2 is 1.81 bits per heavy atom. The highest BCUT2D eigenvalue weighted by atomic mass is 16.2. The van der Waals surface area contributed by atoms with Crippen molar-refractivity contribution in [1.82, 2.24) is 20.2 Å². The first kappa shape index (κ1) is 21.5. The molecular weight excluding hydrogens is 406 g/mol. The Labute approximate surface area is 185 Å². The molecule has 4 rings (SSSR count). The van der Waals surface area contributed by atoms with E-state index in [1.165, 1.54) is 7.05 Å². The number of carbonyl (C=O) groups is 2. The van der Waals surface area contributed by atoms with Crippen molar-refractivity contribution in [1.29, 1.82) is 0 Å². The summed E-state index contributed by atoms with van der Waals surface area (Å²) in [6, 6.07) is 11.6. The number of benzene rings is 1. The number of aromatic nitrogens is 2. The Balaban J connectivity index is 1.67. The van der Waals surface area contributed by atoms with Gasteiger partial charge in [-0.3, -0.25) is 14.4 Å². The molecule has 4 N–H and O–H groups in total. The number of fused-ring (bicyclic) bond motifs is 1. The number of nitrogens with one attached hydrogen (secondary N) is 2. The maximum atomic E-state index is 13.0. The van der Waals surface area contributed by atoms with Crippen LogP contribution in [0.25, 0.3) is 22.3 Å². The van der Waals surface area contributed by atoms with Crippen molar-refractivity contribution in [2.24, 2.45) is 0 Å². The summed E-state index contributed by atoms with van der Waals surface area (Å²) in [4.78, 5) is 41.6. The number of amides is 2. The van der Waals surface area contributed by atoms with Gasteiger partial charge in [0, 0.05) is 30.8 Å². The van der Waals surface area contributed by atoms with Crippen LogP contribution < -0.4 is 21.8 Å². The third-order valence-electron chi connectivity index (χ3n) is 5.74. The number of hydrogen-bond donors (Lipinski definition) is 3. The molecule has 1 aliphatic rings. The van der Waals surface area contributed by atoms with Crippen LogP contribution in [0.2, 0.25) is 0 Å². The van der Waals surface area contributed by atoms with Gasteiger partial charge in [-0.15, -0.1) is 0 Å². The summed E-state index contributed by atoms with van der Waals surface area (Å²) < 4.78 is 1.76. The normalized spacial score (nSPS) is 13.2. The van der Waals surface area contributed by atoms with Gasteiger partial charge >= 0.3 is 0 Å². The first-order chi connectivity index (χ1) is 15.4. The number of anilines is 1. The van der Waals surface area contributed by atoms with Crippen LogP contribution in [0, 0.1) is 0 Å². The molecule has 2 amide bonds. The summed E-state index contributed by atoms with van der Waals surface area (Å²) in [7, 11) is 1.52. The van der Waals surface area contributed by atoms with Crippen LogP contribution in [0.3, 0.4) is 0 Å². The Kier molecular flexibility index (Phi) is 5.94. The Morgan fingerprint density at radius 3 is 2.44 bits per heavy atom. The molecule has 0 bridgehead atoms. The van der Waals surface area contributed by atoms with Crippen LogP contribution in [0.1, 0.15) is 30.9 Å². The monoisotopic (exact) mass is 433 g/mol. The molecular formula is C24H27N5O3. The summed E-state index contributed by atoms with van der Waals surface area (Å²) in [5.74, 6) is 0.0284. The Hall–Kier alpha value is -3.68. The molecule has 1 fully saturated rings. The van der Waals surface area contributed by atoms with E-state index in [-0.39, 0.29) is 35.0 Å². The number of pyridine rings is 2. The number of nitrogens with two attached hydrogens (primary N) is 1. The molecule has 0 spiro atoms. The largest absolute Gasteiger partial charge is 0.385 e. The van der Waals surface area contributed by atoms with E-state index in [1.807, 2.05) is 31.2 Å². The van der Waals surface area contributed by atoms with Gasteiger partial charge in [-0.2, -0.15) is 0 Å². The fourth-order valence-electron chi connectivity index (χ4n) is 3.77.